The third-order valence-electron chi connectivity index (χ3n) is 22.7. The van der Waals surface area contributed by atoms with Crippen molar-refractivity contribution in [2.45, 2.75) is 206 Å². The van der Waals surface area contributed by atoms with E-state index >= 15 is 4.39 Å². The van der Waals surface area contributed by atoms with Crippen molar-refractivity contribution < 1.29 is 31.8 Å². The second-order valence-corrected chi connectivity index (χ2v) is 32.8. The minimum atomic E-state index is -1.34. The van der Waals surface area contributed by atoms with Gasteiger partial charge in [0.25, 0.3) is 0 Å². The summed E-state index contributed by atoms with van der Waals surface area (Å²) in [6.07, 6.45) is 9.52. The molecule has 0 radical (unpaired) electrons. The molecule has 101 heavy (non-hydrogen) atoms. The highest BCUT2D eigenvalue weighted by Gasteiger charge is 2.45. The highest BCUT2D eigenvalue weighted by atomic mass is 19.2. The van der Waals surface area contributed by atoms with E-state index in [0.717, 1.165) is 120 Å². The second kappa shape index (κ2) is 30.6. The van der Waals surface area contributed by atoms with Crippen molar-refractivity contribution in [3.05, 3.63) is 212 Å². The number of hydrogen-bond donors (Lipinski definition) is 0. The number of likely N-dealkylation sites (tertiary alicyclic amines) is 3. The maximum absolute atomic E-state index is 15.3. The van der Waals surface area contributed by atoms with Crippen molar-refractivity contribution in [2.75, 3.05) is 85.1 Å². The van der Waals surface area contributed by atoms with E-state index in [4.69, 9.17) is 14.2 Å². The van der Waals surface area contributed by atoms with Crippen LogP contribution in [0.15, 0.2) is 156 Å². The van der Waals surface area contributed by atoms with Crippen molar-refractivity contribution in [2.24, 2.45) is 5.92 Å². The highest BCUT2D eigenvalue weighted by molar-refractivity contribution is 5.81. The summed E-state index contributed by atoms with van der Waals surface area (Å²) in [5.74, 6) is 2.71. The Bertz CT molecular complexity index is 3940. The average Bonchev–Trinajstić information content (AvgIpc) is 1.63. The molecule has 0 aromatic heterocycles. The Kier molecular flexibility index (Phi) is 22.1. The number of rotatable bonds is 22. The normalized spacial score (nSPS) is 23.7. The predicted octanol–water partition coefficient (Wildman–Crippen LogP) is 18.5. The summed E-state index contributed by atoms with van der Waals surface area (Å²) in [7, 11) is 0. The molecule has 3 saturated heterocycles. The Labute approximate surface area is 601 Å². The number of nitrogens with zero attached hydrogens (tertiary/aromatic N) is 6. The largest absolute Gasteiger partial charge is 0.492 e. The molecule has 0 unspecified atom stereocenters. The summed E-state index contributed by atoms with van der Waals surface area (Å²) in [4.78, 5) is 14.2. The Morgan fingerprint density at radius 1 is 0.426 bits per heavy atom. The minimum absolute atomic E-state index is 0.0454. The van der Waals surface area contributed by atoms with Gasteiger partial charge in [0, 0.05) is 83.6 Å². The van der Waals surface area contributed by atoms with Gasteiger partial charge < -0.3 is 14.2 Å². The zero-order chi connectivity index (χ0) is 71.1. The fraction of sp³-hybridized carbons (Fsp3) is 0.523. The summed E-state index contributed by atoms with van der Waals surface area (Å²) in [6, 6.07) is 49.4. The SMILES string of the molecule is CCC1CN(CCOc2ccc([C@@H]3C4=C(C[C@@H](C)N3CC(C)(C)F)c3ccccc3C4)cc2)C1.CCCN1CC(Oc2ccc([C@@H]3C4=C(C[C@@H](C)N3CC(C)(C)F)c3ccccc3C4)cc2)C1.CCCN1CC(Oc2ccc([C@@H]3C4=C(C[C@@H](C)N3CC(C)(C)F)c3ccccc3C4)cc2F)C1. The zero-order valence-corrected chi connectivity index (χ0v) is 62.5. The molecule has 9 nitrogen and oxygen atoms in total. The Balaban J connectivity index is 0.000000135. The number of benzene rings is 6. The molecule has 13 heteroatoms. The van der Waals surface area contributed by atoms with E-state index < -0.39 is 17.0 Å². The second-order valence-electron chi connectivity index (χ2n) is 32.8. The molecule has 0 saturated carbocycles. The average molecular weight is 1380 g/mol. The maximum atomic E-state index is 15.3. The van der Waals surface area contributed by atoms with E-state index in [1.54, 1.807) is 53.7 Å². The van der Waals surface area contributed by atoms with Gasteiger partial charge in [-0.15, -0.1) is 0 Å². The molecule has 0 spiro atoms. The van der Waals surface area contributed by atoms with Crippen LogP contribution in [0.1, 0.15) is 190 Å². The van der Waals surface area contributed by atoms with Gasteiger partial charge in [0.15, 0.2) is 11.6 Å². The molecule has 6 heterocycles. The molecular formula is C88H112F4N6O3. The van der Waals surface area contributed by atoms with E-state index in [2.05, 4.69) is 192 Å². The summed E-state index contributed by atoms with van der Waals surface area (Å²) >= 11 is 0. The number of ether oxygens (including phenoxy) is 3. The van der Waals surface area contributed by atoms with Gasteiger partial charge in [-0.1, -0.05) is 130 Å². The summed E-state index contributed by atoms with van der Waals surface area (Å²) in [5, 5.41) is 0. The molecule has 6 aromatic rings. The molecule has 0 N–H and O–H groups in total. The summed E-state index contributed by atoms with van der Waals surface area (Å²) in [5.41, 5.74) is 16.2. The molecule has 6 atom stereocenters. The van der Waals surface area contributed by atoms with Crippen molar-refractivity contribution in [3.8, 4) is 17.2 Å². The Morgan fingerprint density at radius 2 is 0.792 bits per heavy atom. The molecule has 6 aromatic carbocycles. The van der Waals surface area contributed by atoms with Gasteiger partial charge in [-0.3, -0.25) is 29.4 Å². The lowest BCUT2D eigenvalue weighted by Gasteiger charge is -2.44. The monoisotopic (exact) mass is 1380 g/mol. The van der Waals surface area contributed by atoms with Crippen LogP contribution in [0.3, 0.4) is 0 Å². The van der Waals surface area contributed by atoms with Gasteiger partial charge in [0.2, 0.25) is 0 Å². The van der Waals surface area contributed by atoms with Gasteiger partial charge in [0.05, 0.1) is 18.1 Å². The molecule has 3 fully saturated rings. The van der Waals surface area contributed by atoms with Crippen molar-refractivity contribution in [1.82, 2.24) is 29.4 Å². The van der Waals surface area contributed by atoms with Crippen LogP contribution in [-0.2, 0) is 19.3 Å². The molecule has 0 amide bonds. The maximum Gasteiger partial charge on any atom is 0.165 e. The standard InChI is InChI=1S/C30H39FN2O.C29H36F2N2O.C29H37FN2O/c1-5-22-18-32(19-22)14-15-34-25-12-10-23(11-13-25)29-28-17-24-8-6-7-9-26(24)27(28)16-21(2)33(29)20-30(3,4)31;1-5-12-32-16-22(17-32)34-27-11-10-21(15-26(27)30)28-25-14-20-8-6-7-9-23(20)24(25)13-19(2)33(28)18-29(3,4)31;1-5-14-31-17-24(18-31)33-23-12-10-21(11-13-23)28-27-16-22-8-6-7-9-25(22)26(27)15-20(2)32(28)19-29(3,4)30/h6-13,21-22,29H,5,14-20H2,1-4H3;6-11,15,19,22,28H,5,12-14,16-18H2,1-4H3;6-13,20,24,28H,5,14-19H2,1-4H3/t21-,29-;19-,28-;20-,28-/m111/s1. The molecule has 6 aliphatic heterocycles. The number of halogens is 4. The lowest BCUT2D eigenvalue weighted by molar-refractivity contribution is 0.0178. The Morgan fingerprint density at radius 3 is 1.18 bits per heavy atom. The number of fused-ring (bicyclic) bond motifs is 6. The third kappa shape index (κ3) is 16.7. The van der Waals surface area contributed by atoms with E-state index in [1.807, 2.05) is 6.07 Å². The van der Waals surface area contributed by atoms with Crippen molar-refractivity contribution >= 4 is 16.7 Å². The summed E-state index contributed by atoms with van der Waals surface area (Å²) in [6.45, 7) is 34.6. The van der Waals surface area contributed by atoms with Crippen LogP contribution in [0.2, 0.25) is 0 Å². The van der Waals surface area contributed by atoms with Crippen LogP contribution in [-0.4, -0.2) is 162 Å². The van der Waals surface area contributed by atoms with E-state index in [-0.39, 0.29) is 48.2 Å². The van der Waals surface area contributed by atoms with Crippen LogP contribution < -0.4 is 14.2 Å². The number of hydrogen-bond acceptors (Lipinski definition) is 9. The van der Waals surface area contributed by atoms with Crippen LogP contribution in [0, 0.1) is 11.7 Å². The van der Waals surface area contributed by atoms with E-state index in [1.165, 1.54) is 104 Å². The lowest BCUT2D eigenvalue weighted by Crippen LogP contribution is -2.53. The van der Waals surface area contributed by atoms with Crippen molar-refractivity contribution in [3.63, 3.8) is 0 Å². The first-order valence-corrected chi connectivity index (χ1v) is 38.2. The fourth-order valence-corrected chi connectivity index (χ4v) is 17.9. The van der Waals surface area contributed by atoms with Gasteiger partial charge in [-0.2, -0.15) is 0 Å². The number of alkyl halides is 3. The van der Waals surface area contributed by atoms with E-state index in [9.17, 15) is 13.2 Å². The molecule has 15 rings (SSSR count). The predicted molar refractivity (Wildman–Crippen MR) is 405 cm³/mol. The first-order valence-electron chi connectivity index (χ1n) is 38.2. The fourth-order valence-electron chi connectivity index (χ4n) is 17.9. The summed E-state index contributed by atoms with van der Waals surface area (Å²) < 4.78 is 78.2. The first kappa shape index (κ1) is 72.8. The molecule has 540 valence electrons. The first-order chi connectivity index (χ1) is 48.4. The quantitative estimate of drug-likeness (QED) is 0.0619. The van der Waals surface area contributed by atoms with Gasteiger partial charge in [0.1, 0.15) is 47.3 Å². The highest BCUT2D eigenvalue weighted by Crippen LogP contribution is 2.53. The third-order valence-corrected chi connectivity index (χ3v) is 22.7. The van der Waals surface area contributed by atoms with Crippen LogP contribution in [0.25, 0.3) is 16.7 Å². The van der Waals surface area contributed by atoms with Crippen LogP contribution in [0.4, 0.5) is 17.6 Å². The van der Waals surface area contributed by atoms with Gasteiger partial charge in [-0.05, 0) is 253 Å². The topological polar surface area (TPSA) is 47.1 Å². The lowest BCUT2D eigenvalue weighted by atomic mass is 9.84. The van der Waals surface area contributed by atoms with Crippen LogP contribution >= 0.6 is 0 Å². The smallest absolute Gasteiger partial charge is 0.165 e. The van der Waals surface area contributed by atoms with Gasteiger partial charge in [-0.25, -0.2) is 17.6 Å². The molecule has 3 aliphatic carbocycles. The van der Waals surface area contributed by atoms with Crippen LogP contribution in [0.5, 0.6) is 17.2 Å². The van der Waals surface area contributed by atoms with E-state index in [0.29, 0.717) is 31.5 Å². The zero-order valence-electron chi connectivity index (χ0n) is 62.5. The molecule has 0 bridgehead atoms. The minimum Gasteiger partial charge on any atom is -0.492 e. The van der Waals surface area contributed by atoms with Crippen molar-refractivity contribution in [1.29, 1.82) is 0 Å². The Hall–Kier alpha value is -6.58. The van der Waals surface area contributed by atoms with Gasteiger partial charge >= 0.3 is 0 Å². The molecule has 9 aliphatic rings. The molecular weight excluding hydrogens is 1260 g/mol.